The average molecular weight is 250 g/mol. The zero-order valence-corrected chi connectivity index (χ0v) is 10.4. The van der Waals surface area contributed by atoms with Crippen molar-refractivity contribution in [2.75, 3.05) is 11.5 Å². The van der Waals surface area contributed by atoms with Crippen molar-refractivity contribution in [2.45, 2.75) is 42.8 Å². The molecular formula is C10H18O3S2. The van der Waals surface area contributed by atoms with Crippen LogP contribution in [-0.2, 0) is 21.6 Å². The summed E-state index contributed by atoms with van der Waals surface area (Å²) in [4.78, 5) is 0. The third-order valence-electron chi connectivity index (χ3n) is 3.42. The number of hydrogen-bond acceptors (Lipinski definition) is 3. The highest BCUT2D eigenvalue weighted by molar-refractivity contribution is 8.06. The van der Waals surface area contributed by atoms with E-state index < -0.39 is 32.3 Å². The second-order valence-electron chi connectivity index (χ2n) is 4.43. The molecule has 0 bridgehead atoms. The summed E-state index contributed by atoms with van der Waals surface area (Å²) < 4.78 is 22.8. The Hall–Kier alpha value is 0.260. The van der Waals surface area contributed by atoms with Gasteiger partial charge in [-0.25, -0.2) is 0 Å². The molecule has 1 aliphatic carbocycles. The summed E-state index contributed by atoms with van der Waals surface area (Å²) >= 11 is 0. The van der Waals surface area contributed by atoms with Crippen LogP contribution in [0.5, 0.6) is 0 Å². The zero-order chi connectivity index (χ0) is 10.8. The minimum absolute atomic E-state index is 0.231. The SMILES string of the molecule is O=[S@@]1CC[S@@](=O)C1[C@@H](O)C1CCCCC1. The fraction of sp³-hybridized carbons (Fsp3) is 1.00. The van der Waals surface area contributed by atoms with E-state index in [1.54, 1.807) is 0 Å². The number of rotatable bonds is 2. The summed E-state index contributed by atoms with van der Waals surface area (Å²) in [5.41, 5.74) is 0. The molecule has 0 radical (unpaired) electrons. The van der Waals surface area contributed by atoms with Crippen molar-refractivity contribution in [3.63, 3.8) is 0 Å². The molecule has 0 amide bonds. The molecule has 0 aromatic carbocycles. The molecule has 0 unspecified atom stereocenters. The summed E-state index contributed by atoms with van der Waals surface area (Å²) in [5, 5.41) is 10.1. The van der Waals surface area contributed by atoms with Crippen LogP contribution in [0.3, 0.4) is 0 Å². The Morgan fingerprint density at radius 3 is 2.07 bits per heavy atom. The van der Waals surface area contributed by atoms with Crippen molar-refractivity contribution in [1.82, 2.24) is 0 Å². The summed E-state index contributed by atoms with van der Waals surface area (Å²) in [6, 6.07) is 0. The third kappa shape index (κ3) is 2.50. The Labute approximate surface area is 95.6 Å². The van der Waals surface area contributed by atoms with Gasteiger partial charge in [0.1, 0.15) is 4.58 Å². The number of hydrogen-bond donors (Lipinski definition) is 1. The van der Waals surface area contributed by atoms with Crippen LogP contribution in [0, 0.1) is 5.92 Å². The average Bonchev–Trinajstić information content (AvgIpc) is 2.59. The molecule has 2 aliphatic rings. The van der Waals surface area contributed by atoms with E-state index in [4.69, 9.17) is 0 Å². The monoisotopic (exact) mass is 250 g/mol. The van der Waals surface area contributed by atoms with Gasteiger partial charge in [0, 0.05) is 33.1 Å². The van der Waals surface area contributed by atoms with Crippen molar-refractivity contribution < 1.29 is 13.5 Å². The highest BCUT2D eigenvalue weighted by Crippen LogP contribution is 2.31. The molecule has 0 aromatic rings. The first-order valence-corrected chi connectivity index (χ1v) is 8.39. The molecule has 15 heavy (non-hydrogen) atoms. The lowest BCUT2D eigenvalue weighted by Crippen LogP contribution is -2.37. The van der Waals surface area contributed by atoms with Gasteiger partial charge in [-0.15, -0.1) is 0 Å². The molecule has 0 spiro atoms. The molecule has 3 nitrogen and oxygen atoms in total. The van der Waals surface area contributed by atoms with Gasteiger partial charge in [-0.3, -0.25) is 8.42 Å². The molecule has 2 rings (SSSR count). The lowest BCUT2D eigenvalue weighted by molar-refractivity contribution is 0.0974. The van der Waals surface area contributed by atoms with Gasteiger partial charge < -0.3 is 5.11 Å². The van der Waals surface area contributed by atoms with Crippen LogP contribution in [0.25, 0.3) is 0 Å². The van der Waals surface area contributed by atoms with Crippen LogP contribution in [0.4, 0.5) is 0 Å². The highest BCUT2D eigenvalue weighted by Gasteiger charge is 2.40. The first-order valence-electron chi connectivity index (χ1n) is 5.62. The quantitative estimate of drug-likeness (QED) is 0.787. The van der Waals surface area contributed by atoms with E-state index in [0.29, 0.717) is 11.5 Å². The predicted octanol–water partition coefficient (Wildman–Crippen LogP) is 0.765. The van der Waals surface area contributed by atoms with E-state index in [0.717, 1.165) is 25.7 Å². The number of aliphatic hydroxyl groups excluding tert-OH is 1. The molecule has 0 aromatic heterocycles. The van der Waals surface area contributed by atoms with Crippen LogP contribution < -0.4 is 0 Å². The predicted molar refractivity (Wildman–Crippen MR) is 62.4 cm³/mol. The van der Waals surface area contributed by atoms with E-state index >= 15 is 0 Å². The van der Waals surface area contributed by atoms with E-state index in [1.807, 2.05) is 0 Å². The maximum atomic E-state index is 11.6. The minimum atomic E-state index is -1.07. The normalized spacial score (nSPS) is 36.9. The standard InChI is InChI=1S/C10H18O3S2/c11-9(8-4-2-1-3-5-8)10-14(12)6-7-15(10)13/h8-11H,1-7H2/t9-,14+,15+/m0/s1. The van der Waals surface area contributed by atoms with E-state index in [-0.39, 0.29) is 5.92 Å². The Balaban J connectivity index is 2.02. The molecule has 1 N–H and O–H groups in total. The van der Waals surface area contributed by atoms with Gasteiger partial charge in [0.15, 0.2) is 0 Å². The Morgan fingerprint density at radius 1 is 1.00 bits per heavy atom. The molecule has 2 fully saturated rings. The molecule has 88 valence electrons. The molecule has 1 saturated carbocycles. The molecule has 1 aliphatic heterocycles. The van der Waals surface area contributed by atoms with Gasteiger partial charge in [0.05, 0.1) is 6.10 Å². The fourth-order valence-electron chi connectivity index (χ4n) is 2.53. The summed E-state index contributed by atoms with van der Waals surface area (Å²) in [6.45, 7) is 0. The Kier molecular flexibility index (Phi) is 3.96. The van der Waals surface area contributed by atoms with Crippen LogP contribution in [0.1, 0.15) is 32.1 Å². The molecule has 1 saturated heterocycles. The topological polar surface area (TPSA) is 54.4 Å². The van der Waals surface area contributed by atoms with Crippen LogP contribution in [0.2, 0.25) is 0 Å². The van der Waals surface area contributed by atoms with Gasteiger partial charge in [-0.1, -0.05) is 19.3 Å². The van der Waals surface area contributed by atoms with Crippen LogP contribution in [0.15, 0.2) is 0 Å². The van der Waals surface area contributed by atoms with E-state index in [1.165, 1.54) is 6.42 Å². The largest absolute Gasteiger partial charge is 0.391 e. The first-order chi connectivity index (χ1) is 7.20. The summed E-state index contributed by atoms with van der Waals surface area (Å²) in [7, 11) is -2.15. The second-order valence-corrected chi connectivity index (χ2v) is 8.08. The fourth-order valence-corrected chi connectivity index (χ4v) is 6.91. The second kappa shape index (κ2) is 5.06. The molecule has 1 heterocycles. The van der Waals surface area contributed by atoms with E-state index in [2.05, 4.69) is 0 Å². The minimum Gasteiger partial charge on any atom is -0.391 e. The Morgan fingerprint density at radius 2 is 1.53 bits per heavy atom. The van der Waals surface area contributed by atoms with Crippen LogP contribution >= 0.6 is 0 Å². The van der Waals surface area contributed by atoms with Gasteiger partial charge in [0.2, 0.25) is 0 Å². The van der Waals surface area contributed by atoms with Crippen molar-refractivity contribution in [3.8, 4) is 0 Å². The highest BCUT2D eigenvalue weighted by atomic mass is 32.3. The number of aliphatic hydroxyl groups is 1. The Bertz CT molecular complexity index is 258. The molecular weight excluding hydrogens is 232 g/mol. The van der Waals surface area contributed by atoms with Gasteiger partial charge in [-0.2, -0.15) is 0 Å². The summed E-state index contributed by atoms with van der Waals surface area (Å²) in [6.07, 6.45) is 4.94. The van der Waals surface area contributed by atoms with Gasteiger partial charge in [0.25, 0.3) is 0 Å². The molecule has 5 heteroatoms. The smallest absolute Gasteiger partial charge is 0.136 e. The van der Waals surface area contributed by atoms with Gasteiger partial charge >= 0.3 is 0 Å². The van der Waals surface area contributed by atoms with Gasteiger partial charge in [-0.05, 0) is 18.8 Å². The van der Waals surface area contributed by atoms with Crippen molar-refractivity contribution in [3.05, 3.63) is 0 Å². The lowest BCUT2D eigenvalue weighted by Gasteiger charge is -2.29. The molecule has 3 atom stereocenters. The van der Waals surface area contributed by atoms with E-state index in [9.17, 15) is 13.5 Å². The van der Waals surface area contributed by atoms with Crippen molar-refractivity contribution >= 4 is 21.6 Å². The van der Waals surface area contributed by atoms with Crippen molar-refractivity contribution in [1.29, 1.82) is 0 Å². The third-order valence-corrected chi connectivity index (χ3v) is 7.77. The summed E-state index contributed by atoms with van der Waals surface area (Å²) in [5.74, 6) is 1.23. The van der Waals surface area contributed by atoms with Crippen LogP contribution in [-0.4, -0.2) is 35.7 Å². The van der Waals surface area contributed by atoms with Crippen molar-refractivity contribution in [2.24, 2.45) is 5.92 Å². The first kappa shape index (κ1) is 11.7. The lowest BCUT2D eigenvalue weighted by atomic mass is 9.86. The maximum absolute atomic E-state index is 11.6. The zero-order valence-electron chi connectivity index (χ0n) is 8.76. The maximum Gasteiger partial charge on any atom is 0.136 e.